The lowest BCUT2D eigenvalue weighted by Crippen LogP contribution is -2.01. The van der Waals surface area contributed by atoms with Crippen LogP contribution in [0.25, 0.3) is 0 Å². The summed E-state index contributed by atoms with van der Waals surface area (Å²) < 4.78 is 29.7. The van der Waals surface area contributed by atoms with Gasteiger partial charge in [-0.25, -0.2) is 8.42 Å². The Balaban J connectivity index is 2.50. The van der Waals surface area contributed by atoms with E-state index < -0.39 is 9.84 Å². The molecule has 0 heterocycles. The second kappa shape index (κ2) is 6.50. The molecule has 0 radical (unpaired) electrons. The highest BCUT2D eigenvalue weighted by molar-refractivity contribution is 9.10. The molecule has 0 saturated heterocycles. The van der Waals surface area contributed by atoms with Crippen LogP contribution in [0.4, 0.5) is 0 Å². The van der Waals surface area contributed by atoms with Crippen molar-refractivity contribution < 1.29 is 13.2 Å². The SMILES string of the molecule is COc1ccc(Br)cc1C(Br)c1cccc(S(C)(=O)=O)c1. The number of methoxy groups -OCH3 is 1. The molecule has 0 aliphatic rings. The Kier molecular flexibility index (Phi) is 5.11. The van der Waals surface area contributed by atoms with E-state index in [9.17, 15) is 8.42 Å². The largest absolute Gasteiger partial charge is 0.496 e. The van der Waals surface area contributed by atoms with Crippen molar-refractivity contribution in [1.29, 1.82) is 0 Å². The van der Waals surface area contributed by atoms with Gasteiger partial charge in [0.2, 0.25) is 0 Å². The average Bonchev–Trinajstić information content (AvgIpc) is 2.45. The van der Waals surface area contributed by atoms with E-state index in [4.69, 9.17) is 4.74 Å². The van der Waals surface area contributed by atoms with Crippen LogP contribution in [-0.4, -0.2) is 21.8 Å². The summed E-state index contributed by atoms with van der Waals surface area (Å²) in [6.07, 6.45) is 1.20. The summed E-state index contributed by atoms with van der Waals surface area (Å²) in [5.41, 5.74) is 1.78. The summed E-state index contributed by atoms with van der Waals surface area (Å²) >= 11 is 7.07. The predicted octanol–water partition coefficient (Wildman–Crippen LogP) is 4.35. The Bertz CT molecular complexity index is 757. The minimum absolute atomic E-state index is 0.161. The fourth-order valence-corrected chi connectivity index (χ4v) is 3.68. The van der Waals surface area contributed by atoms with Crippen LogP contribution >= 0.6 is 31.9 Å². The standard InChI is InChI=1S/C15H14Br2O3S/c1-20-14-7-6-11(16)9-13(14)15(17)10-4-3-5-12(8-10)21(2,18)19/h3-9,15H,1-2H3. The number of rotatable bonds is 4. The van der Waals surface area contributed by atoms with Crippen molar-refractivity contribution in [3.63, 3.8) is 0 Å². The highest BCUT2D eigenvalue weighted by atomic mass is 79.9. The van der Waals surface area contributed by atoms with Crippen molar-refractivity contribution in [2.75, 3.05) is 13.4 Å². The van der Waals surface area contributed by atoms with Gasteiger partial charge in [-0.1, -0.05) is 44.0 Å². The number of sulfone groups is 1. The van der Waals surface area contributed by atoms with E-state index in [1.807, 2.05) is 24.3 Å². The Morgan fingerprint density at radius 3 is 2.48 bits per heavy atom. The van der Waals surface area contributed by atoms with Gasteiger partial charge in [-0.15, -0.1) is 0 Å². The summed E-state index contributed by atoms with van der Waals surface area (Å²) in [4.78, 5) is 0.144. The number of benzene rings is 2. The second-order valence-electron chi connectivity index (χ2n) is 4.59. The summed E-state index contributed by atoms with van der Waals surface area (Å²) in [6, 6.07) is 12.6. The van der Waals surface area contributed by atoms with Crippen LogP contribution in [0, 0.1) is 0 Å². The van der Waals surface area contributed by atoms with E-state index in [1.54, 1.807) is 25.3 Å². The molecule has 3 nitrogen and oxygen atoms in total. The smallest absolute Gasteiger partial charge is 0.175 e. The minimum atomic E-state index is -3.23. The summed E-state index contributed by atoms with van der Waals surface area (Å²) in [5.74, 6) is 0.741. The third kappa shape index (κ3) is 3.87. The first kappa shape index (κ1) is 16.5. The molecule has 1 atom stereocenters. The van der Waals surface area contributed by atoms with Gasteiger partial charge in [0.1, 0.15) is 5.75 Å². The van der Waals surface area contributed by atoms with Crippen molar-refractivity contribution in [1.82, 2.24) is 0 Å². The van der Waals surface area contributed by atoms with Gasteiger partial charge in [-0.3, -0.25) is 0 Å². The highest BCUT2D eigenvalue weighted by Crippen LogP contribution is 2.38. The van der Waals surface area contributed by atoms with Crippen LogP contribution in [0.2, 0.25) is 0 Å². The topological polar surface area (TPSA) is 43.4 Å². The molecular weight excluding hydrogens is 420 g/mol. The molecule has 21 heavy (non-hydrogen) atoms. The number of halogens is 2. The fourth-order valence-electron chi connectivity index (χ4n) is 1.99. The molecule has 0 amide bonds. The number of ether oxygens (including phenoxy) is 1. The third-order valence-electron chi connectivity index (χ3n) is 3.04. The van der Waals surface area contributed by atoms with Crippen molar-refractivity contribution >= 4 is 41.7 Å². The first-order chi connectivity index (χ1) is 9.82. The summed E-state index contributed by atoms with van der Waals surface area (Å²) in [6.45, 7) is 0. The van der Waals surface area contributed by atoms with Gasteiger partial charge in [0.05, 0.1) is 16.8 Å². The molecule has 0 aromatic heterocycles. The maximum atomic E-state index is 11.7. The highest BCUT2D eigenvalue weighted by Gasteiger charge is 2.17. The lowest BCUT2D eigenvalue weighted by atomic mass is 10.0. The van der Waals surface area contributed by atoms with Crippen LogP contribution in [0.1, 0.15) is 16.0 Å². The molecule has 0 spiro atoms. The molecule has 2 rings (SSSR count). The minimum Gasteiger partial charge on any atom is -0.496 e. The van der Waals surface area contributed by atoms with Gasteiger partial charge in [0.15, 0.2) is 9.84 Å². The third-order valence-corrected chi connectivity index (χ3v) is 5.67. The van der Waals surface area contributed by atoms with E-state index in [0.29, 0.717) is 4.90 Å². The molecule has 0 aliphatic heterocycles. The average molecular weight is 434 g/mol. The normalized spacial score (nSPS) is 13.0. The van der Waals surface area contributed by atoms with Crippen LogP contribution in [0.15, 0.2) is 51.8 Å². The molecular formula is C15H14Br2O3S. The number of hydrogen-bond acceptors (Lipinski definition) is 3. The molecule has 112 valence electrons. The Morgan fingerprint density at radius 1 is 1.14 bits per heavy atom. The molecule has 6 heteroatoms. The molecule has 2 aromatic rings. The van der Waals surface area contributed by atoms with Crippen LogP contribution in [0.3, 0.4) is 0 Å². The monoisotopic (exact) mass is 432 g/mol. The number of alkyl halides is 1. The lowest BCUT2D eigenvalue weighted by molar-refractivity contribution is 0.410. The zero-order chi connectivity index (χ0) is 15.6. The van der Waals surface area contributed by atoms with Gasteiger partial charge >= 0.3 is 0 Å². The van der Waals surface area contributed by atoms with E-state index in [2.05, 4.69) is 31.9 Å². The van der Waals surface area contributed by atoms with Gasteiger partial charge in [-0.05, 0) is 35.9 Å². The first-order valence-corrected chi connectivity index (χ1v) is 9.70. The second-order valence-corrected chi connectivity index (χ2v) is 8.44. The summed E-state index contributed by atoms with van der Waals surface area (Å²) in [7, 11) is -1.62. The molecule has 1 unspecified atom stereocenters. The quantitative estimate of drug-likeness (QED) is 0.673. The van der Waals surface area contributed by atoms with Gasteiger partial charge < -0.3 is 4.74 Å². The Hall–Kier alpha value is -0.850. The van der Waals surface area contributed by atoms with Crippen molar-refractivity contribution in [2.45, 2.75) is 9.72 Å². The Morgan fingerprint density at radius 2 is 1.86 bits per heavy atom. The van der Waals surface area contributed by atoms with E-state index >= 15 is 0 Å². The van der Waals surface area contributed by atoms with E-state index in [0.717, 1.165) is 21.3 Å². The van der Waals surface area contributed by atoms with Gasteiger partial charge in [0, 0.05) is 16.3 Å². The van der Waals surface area contributed by atoms with Crippen LogP contribution in [0.5, 0.6) is 5.75 Å². The maximum absolute atomic E-state index is 11.7. The lowest BCUT2D eigenvalue weighted by Gasteiger charge is -2.16. The first-order valence-electron chi connectivity index (χ1n) is 6.10. The molecule has 0 bridgehead atoms. The van der Waals surface area contributed by atoms with E-state index in [1.165, 1.54) is 6.26 Å². The zero-order valence-electron chi connectivity index (χ0n) is 11.5. The molecule has 0 saturated carbocycles. The zero-order valence-corrected chi connectivity index (χ0v) is 15.5. The number of hydrogen-bond donors (Lipinski definition) is 0. The van der Waals surface area contributed by atoms with Crippen LogP contribution < -0.4 is 4.74 Å². The van der Waals surface area contributed by atoms with Crippen LogP contribution in [-0.2, 0) is 9.84 Å². The molecule has 2 aromatic carbocycles. The van der Waals surface area contributed by atoms with Gasteiger partial charge in [-0.2, -0.15) is 0 Å². The fraction of sp³-hybridized carbons (Fsp3) is 0.200. The summed E-state index contributed by atoms with van der Waals surface area (Å²) in [5, 5.41) is 0. The molecule has 0 fully saturated rings. The molecule has 0 N–H and O–H groups in total. The van der Waals surface area contributed by atoms with Crippen molar-refractivity contribution in [2.24, 2.45) is 0 Å². The van der Waals surface area contributed by atoms with E-state index in [-0.39, 0.29) is 4.83 Å². The predicted molar refractivity (Wildman–Crippen MR) is 91.0 cm³/mol. The Labute approximate surface area is 141 Å². The molecule has 0 aliphatic carbocycles. The van der Waals surface area contributed by atoms with Crippen molar-refractivity contribution in [3.05, 3.63) is 58.1 Å². The maximum Gasteiger partial charge on any atom is 0.175 e. The van der Waals surface area contributed by atoms with Crippen molar-refractivity contribution in [3.8, 4) is 5.75 Å². The van der Waals surface area contributed by atoms with Gasteiger partial charge in [0.25, 0.3) is 0 Å².